The molecule has 0 aromatic heterocycles. The van der Waals surface area contributed by atoms with Crippen molar-refractivity contribution in [2.45, 2.75) is 73.6 Å². The third-order valence-electron chi connectivity index (χ3n) is 11.7. The van der Waals surface area contributed by atoms with Crippen LogP contribution in [0.3, 0.4) is 0 Å². The third kappa shape index (κ3) is 2.35. The van der Waals surface area contributed by atoms with Gasteiger partial charge >= 0.3 is 0 Å². The van der Waals surface area contributed by atoms with Crippen LogP contribution in [0.5, 0.6) is 0 Å². The van der Waals surface area contributed by atoms with Crippen molar-refractivity contribution >= 4 is 0 Å². The van der Waals surface area contributed by atoms with Crippen LogP contribution in [0.4, 0.5) is 0 Å². The van der Waals surface area contributed by atoms with Gasteiger partial charge in [-0.25, -0.2) is 0 Å². The Bertz CT molecular complexity index is 878. The lowest BCUT2D eigenvalue weighted by Crippen LogP contribution is -2.81. The van der Waals surface area contributed by atoms with Crippen molar-refractivity contribution in [2.24, 2.45) is 34.5 Å². The molecule has 15 atom stereocenters. The average molecular weight is 500 g/mol. The fraction of sp³-hybridized carbons (Fsp3) is 1.00. The molecule has 5 saturated carbocycles. The molecule has 35 heavy (non-hydrogen) atoms. The van der Waals surface area contributed by atoms with E-state index < -0.39 is 76.4 Å². The van der Waals surface area contributed by atoms with E-state index in [-0.39, 0.29) is 18.4 Å². The molecule has 1 saturated heterocycles. The van der Waals surface area contributed by atoms with Crippen molar-refractivity contribution in [3.63, 3.8) is 0 Å². The number of nitrogens with zero attached hydrogens (tertiary/aromatic N) is 1. The number of piperidine rings is 1. The van der Waals surface area contributed by atoms with E-state index >= 15 is 0 Å². The van der Waals surface area contributed by atoms with Gasteiger partial charge in [-0.2, -0.15) is 0 Å². The van der Waals surface area contributed by atoms with Crippen LogP contribution in [0, 0.1) is 34.5 Å². The van der Waals surface area contributed by atoms with Crippen molar-refractivity contribution < 1.29 is 44.5 Å². The summed E-state index contributed by atoms with van der Waals surface area (Å²) in [5.41, 5.74) is -4.81. The predicted molar refractivity (Wildman–Crippen MR) is 121 cm³/mol. The SMILES string of the molecule is CCN1C[C@]2(COC)[C@H](O)CC(OC)C34C1C(C(OC)[C@@H]32)[C@]1(O)[C@@H]2[C@H]4C[C@@](O)([C@@H]2O)[C@@H](OC)[C@@H]1O. The highest BCUT2D eigenvalue weighted by atomic mass is 16.5. The Kier molecular flexibility index (Phi) is 5.40. The van der Waals surface area contributed by atoms with E-state index in [1.165, 1.54) is 7.11 Å². The first kappa shape index (κ1) is 24.9. The van der Waals surface area contributed by atoms with Gasteiger partial charge in [0.1, 0.15) is 23.4 Å². The van der Waals surface area contributed by atoms with E-state index in [0.717, 1.165) is 0 Å². The van der Waals surface area contributed by atoms with Crippen molar-refractivity contribution in [1.29, 1.82) is 0 Å². The van der Waals surface area contributed by atoms with E-state index in [2.05, 4.69) is 11.8 Å². The number of aliphatic hydroxyl groups is 5. The Morgan fingerprint density at radius 3 is 2.23 bits per heavy atom. The van der Waals surface area contributed by atoms with Gasteiger partial charge < -0.3 is 44.5 Å². The van der Waals surface area contributed by atoms with Gasteiger partial charge in [0.2, 0.25) is 0 Å². The van der Waals surface area contributed by atoms with E-state index in [9.17, 15) is 25.5 Å². The molecule has 5 aliphatic carbocycles. The number of rotatable bonds is 6. The topological polar surface area (TPSA) is 141 Å². The van der Waals surface area contributed by atoms with Gasteiger partial charge in [-0.05, 0) is 18.9 Å². The maximum absolute atomic E-state index is 12.6. The maximum atomic E-state index is 12.6. The van der Waals surface area contributed by atoms with Gasteiger partial charge in [0.15, 0.2) is 0 Å². The number of aliphatic hydroxyl groups excluding tert-OH is 3. The second kappa shape index (κ2) is 7.59. The molecule has 6 rings (SSSR count). The molecule has 7 bridgehead atoms. The molecular formula is C25H41NO9. The standard InChI is InChI=1S/C25H41NO9/c1-6-26-9-22(10-32-2)12(27)7-13(33-3)24-11-8-23(30)19(28)14(11)25(31,20(29)21(23)35-5)15(18(24)26)16(34-4)17(22)24/h11-21,27-31H,6-10H2,1-5H3/t11-,12-,13?,14-,15?,16?,17-,18?,19-,20+,21+,22+,23-,24?,25-/m1/s1. The Morgan fingerprint density at radius 1 is 0.943 bits per heavy atom. The zero-order valence-electron chi connectivity index (χ0n) is 21.2. The number of fused-ring (bicyclic) bond motifs is 2. The summed E-state index contributed by atoms with van der Waals surface area (Å²) < 4.78 is 23.7. The number of hydrogen-bond donors (Lipinski definition) is 5. The zero-order valence-corrected chi connectivity index (χ0v) is 21.2. The Labute approximate surface area is 206 Å². The first-order valence-corrected chi connectivity index (χ1v) is 12.9. The smallest absolute Gasteiger partial charge is 0.120 e. The molecule has 6 fully saturated rings. The molecule has 1 aliphatic heterocycles. The molecule has 0 amide bonds. The number of hydrogen-bond acceptors (Lipinski definition) is 10. The summed E-state index contributed by atoms with van der Waals surface area (Å²) in [5, 5.41) is 59.3. The summed E-state index contributed by atoms with van der Waals surface area (Å²) in [5.74, 6) is -2.04. The molecule has 0 aromatic rings. The molecule has 0 radical (unpaired) electrons. The zero-order chi connectivity index (χ0) is 25.3. The van der Waals surface area contributed by atoms with E-state index in [0.29, 0.717) is 26.1 Å². The summed E-state index contributed by atoms with van der Waals surface area (Å²) in [7, 11) is 6.29. The van der Waals surface area contributed by atoms with E-state index in [1.807, 2.05) is 0 Å². The van der Waals surface area contributed by atoms with Gasteiger partial charge in [0.05, 0.1) is 31.0 Å². The highest BCUT2D eigenvalue weighted by Gasteiger charge is 2.90. The molecule has 5 unspecified atom stereocenters. The summed E-state index contributed by atoms with van der Waals surface area (Å²) in [6, 6.07) is -0.240. The van der Waals surface area contributed by atoms with Crippen molar-refractivity contribution in [2.75, 3.05) is 48.1 Å². The van der Waals surface area contributed by atoms with Gasteiger partial charge in [0, 0.05) is 76.0 Å². The first-order chi connectivity index (χ1) is 16.6. The van der Waals surface area contributed by atoms with Crippen LogP contribution in [-0.4, -0.2) is 132 Å². The van der Waals surface area contributed by atoms with Crippen LogP contribution in [0.15, 0.2) is 0 Å². The molecule has 6 aliphatic rings. The fourth-order valence-corrected chi connectivity index (χ4v) is 11.0. The molecular weight excluding hydrogens is 458 g/mol. The second-order valence-corrected chi connectivity index (χ2v) is 12.1. The number of ether oxygens (including phenoxy) is 4. The highest BCUT2D eigenvalue weighted by molar-refractivity contribution is 5.39. The molecule has 1 spiro atoms. The molecule has 10 nitrogen and oxygen atoms in total. The van der Waals surface area contributed by atoms with Gasteiger partial charge in [-0.3, -0.25) is 4.90 Å². The lowest BCUT2D eigenvalue weighted by molar-refractivity contribution is -0.320. The molecule has 0 aromatic carbocycles. The first-order valence-electron chi connectivity index (χ1n) is 12.9. The summed E-state index contributed by atoms with van der Waals surface area (Å²) in [6.45, 7) is 3.58. The summed E-state index contributed by atoms with van der Waals surface area (Å²) in [6.07, 6.45) is -4.95. The monoisotopic (exact) mass is 499 g/mol. The molecule has 10 heteroatoms. The molecule has 5 N–H and O–H groups in total. The van der Waals surface area contributed by atoms with Crippen LogP contribution in [0.25, 0.3) is 0 Å². The molecule has 1 heterocycles. The summed E-state index contributed by atoms with van der Waals surface area (Å²) in [4.78, 5) is 2.29. The van der Waals surface area contributed by atoms with Gasteiger partial charge in [-0.15, -0.1) is 0 Å². The van der Waals surface area contributed by atoms with E-state index in [4.69, 9.17) is 18.9 Å². The Morgan fingerprint density at radius 2 is 1.66 bits per heavy atom. The number of methoxy groups -OCH3 is 4. The third-order valence-corrected chi connectivity index (χ3v) is 11.7. The Balaban J connectivity index is 1.68. The van der Waals surface area contributed by atoms with Crippen LogP contribution < -0.4 is 0 Å². The van der Waals surface area contributed by atoms with Crippen LogP contribution in [0.1, 0.15) is 19.8 Å². The predicted octanol–water partition coefficient (Wildman–Crippen LogP) is -1.79. The minimum Gasteiger partial charge on any atom is -0.392 e. The van der Waals surface area contributed by atoms with Gasteiger partial charge in [0.25, 0.3) is 0 Å². The van der Waals surface area contributed by atoms with Crippen molar-refractivity contribution in [3.8, 4) is 0 Å². The second-order valence-electron chi connectivity index (χ2n) is 12.1. The van der Waals surface area contributed by atoms with Crippen LogP contribution in [-0.2, 0) is 18.9 Å². The minimum absolute atomic E-state index is 0.156. The maximum Gasteiger partial charge on any atom is 0.120 e. The lowest BCUT2D eigenvalue weighted by atomic mass is 9.42. The quantitative estimate of drug-likeness (QED) is 0.285. The average Bonchev–Trinajstić information content (AvgIpc) is 3.19. The summed E-state index contributed by atoms with van der Waals surface area (Å²) >= 11 is 0. The number of likely N-dealkylation sites (tertiary alicyclic amines) is 1. The van der Waals surface area contributed by atoms with E-state index in [1.54, 1.807) is 21.3 Å². The van der Waals surface area contributed by atoms with Crippen LogP contribution in [0.2, 0.25) is 0 Å². The van der Waals surface area contributed by atoms with Crippen molar-refractivity contribution in [1.82, 2.24) is 4.90 Å². The fourth-order valence-electron chi connectivity index (χ4n) is 11.0. The Hall–Kier alpha value is -0.400. The van der Waals surface area contributed by atoms with Crippen molar-refractivity contribution in [3.05, 3.63) is 0 Å². The lowest BCUT2D eigenvalue weighted by Gasteiger charge is -2.70. The largest absolute Gasteiger partial charge is 0.392 e. The van der Waals surface area contributed by atoms with Crippen LogP contribution >= 0.6 is 0 Å². The molecule has 200 valence electrons. The van der Waals surface area contributed by atoms with Gasteiger partial charge in [-0.1, -0.05) is 6.92 Å². The minimum atomic E-state index is -1.76. The normalized spacial score (nSPS) is 62.4. The highest BCUT2D eigenvalue weighted by Crippen LogP contribution is 2.79.